The van der Waals surface area contributed by atoms with E-state index in [1.807, 2.05) is 58.2 Å². The average molecular weight is 498 g/mol. The summed E-state index contributed by atoms with van der Waals surface area (Å²) in [6.07, 6.45) is 9.34. The van der Waals surface area contributed by atoms with E-state index in [1.165, 1.54) is 6.16 Å². The summed E-state index contributed by atoms with van der Waals surface area (Å²) in [5, 5.41) is 4.73. The topological polar surface area (TPSA) is 27.0 Å². The summed E-state index contributed by atoms with van der Waals surface area (Å²) in [6, 6.07) is 6.29. The predicted octanol–water partition coefficient (Wildman–Crippen LogP) is 5.44. The second kappa shape index (κ2) is 20.6. The van der Waals surface area contributed by atoms with Crippen molar-refractivity contribution >= 4 is 13.6 Å². The first-order valence-electron chi connectivity index (χ1n) is 7.55. The Morgan fingerprint density at radius 1 is 1.13 bits per heavy atom. The number of pyridine rings is 1. The first kappa shape index (κ1) is 31.4. The molecular weight excluding hydrogens is 465 g/mol. The van der Waals surface area contributed by atoms with Crippen LogP contribution in [0.5, 0.6) is 0 Å². The maximum atomic E-state index is 4.73. The van der Waals surface area contributed by atoms with Crippen LogP contribution < -0.4 is 0 Å². The summed E-state index contributed by atoms with van der Waals surface area (Å²) in [7, 11) is -0.231. The molecule has 1 unspecified atom stereocenters. The molecule has 1 aromatic heterocycles. The quantitative estimate of drug-likeness (QED) is 0.310. The number of hydrogen-bond acceptors (Lipinski definition) is 1. The van der Waals surface area contributed by atoms with Gasteiger partial charge >= 0.3 is 19.5 Å². The molecule has 0 saturated carbocycles. The summed E-state index contributed by atoms with van der Waals surface area (Å²) >= 11 is 0. The Kier molecular flexibility index (Phi) is 28.1. The molecule has 23 heavy (non-hydrogen) atoms. The molecule has 0 saturated heterocycles. The van der Waals surface area contributed by atoms with Crippen molar-refractivity contribution in [1.82, 2.24) is 4.98 Å². The summed E-state index contributed by atoms with van der Waals surface area (Å²) in [6.45, 7) is 12.7. The summed E-state index contributed by atoms with van der Waals surface area (Å²) in [5.74, 6) is 0. The molecule has 130 valence electrons. The third-order valence-corrected chi connectivity index (χ3v) is 3.67. The minimum absolute atomic E-state index is 0. The Morgan fingerprint density at radius 2 is 1.74 bits per heavy atom. The molecule has 0 spiro atoms. The van der Waals surface area contributed by atoms with E-state index in [9.17, 15) is 0 Å². The first-order chi connectivity index (χ1) is 9.75. The number of hydrogen-bond donors (Lipinski definition) is 0. The fraction of sp³-hybridized carbons (Fsp3) is 0.444. The molecule has 2 nitrogen and oxygen atoms in total. The van der Waals surface area contributed by atoms with E-state index in [0.29, 0.717) is 6.04 Å². The van der Waals surface area contributed by atoms with Gasteiger partial charge in [0.1, 0.15) is 0 Å². The third-order valence-electron chi connectivity index (χ3n) is 2.44. The van der Waals surface area contributed by atoms with Crippen LogP contribution in [0.25, 0.3) is 11.0 Å². The van der Waals surface area contributed by atoms with Crippen molar-refractivity contribution in [3.8, 4) is 0 Å². The van der Waals surface area contributed by atoms with Gasteiger partial charge in [-0.1, -0.05) is 58.0 Å². The van der Waals surface area contributed by atoms with Gasteiger partial charge in [-0.3, -0.25) is 4.98 Å². The number of rotatable bonds is 3. The van der Waals surface area contributed by atoms with Crippen molar-refractivity contribution in [1.29, 1.82) is 0 Å². The molecular formula is C18H33N2PRuY+. The predicted molar refractivity (Wildman–Crippen MR) is 104 cm³/mol. The fourth-order valence-electron chi connectivity index (χ4n) is 1.74. The molecule has 0 bridgehead atoms. The minimum atomic E-state index is -0.231. The molecule has 0 amide bonds. The largest absolute Gasteiger partial charge is 0 e. The molecule has 1 radical (unpaired) electrons. The molecule has 0 aromatic carbocycles. The number of nitrogens with zero attached hydrogens (tertiary/aromatic N) is 2. The van der Waals surface area contributed by atoms with E-state index in [0.717, 1.165) is 11.4 Å². The fourth-order valence-corrected chi connectivity index (χ4v) is 2.80. The van der Waals surface area contributed by atoms with Gasteiger partial charge in [-0.2, -0.15) is 0 Å². The molecule has 0 fully saturated rings. The second-order valence-corrected chi connectivity index (χ2v) is 7.08. The molecule has 2 rings (SSSR count). The van der Waals surface area contributed by atoms with Crippen molar-refractivity contribution in [2.45, 2.75) is 33.7 Å². The van der Waals surface area contributed by atoms with Gasteiger partial charge in [-0.05, 0) is 20.1 Å². The van der Waals surface area contributed by atoms with Crippen LogP contribution in [-0.2, 0) is 52.2 Å². The zero-order chi connectivity index (χ0) is 15.4. The molecule has 1 aliphatic heterocycles. The SMILES string of the molecule is CC.CC.C[PH+](C)CC1C=CC=C(c2ccccn2)[N-]1.[CH3-].[RuH+2].[Y]. The summed E-state index contributed by atoms with van der Waals surface area (Å²) < 4.78 is 0. The van der Waals surface area contributed by atoms with Crippen LogP contribution in [0, 0.1) is 7.43 Å². The average Bonchev–Trinajstić information content (AvgIpc) is 2.52. The van der Waals surface area contributed by atoms with Crippen molar-refractivity contribution in [2.24, 2.45) is 0 Å². The Hall–Kier alpha value is 0.587. The monoisotopic (exact) mass is 499 g/mol. The van der Waals surface area contributed by atoms with Crippen LogP contribution in [0.1, 0.15) is 33.4 Å². The maximum Gasteiger partial charge on any atom is 0 e. The van der Waals surface area contributed by atoms with Crippen molar-refractivity contribution < 1.29 is 52.2 Å². The third kappa shape index (κ3) is 13.5. The molecule has 0 aliphatic carbocycles. The van der Waals surface area contributed by atoms with Gasteiger partial charge in [0.25, 0.3) is 0 Å². The molecule has 1 aromatic rings. The van der Waals surface area contributed by atoms with Crippen LogP contribution in [0.2, 0.25) is 0 Å². The Morgan fingerprint density at radius 3 is 2.22 bits per heavy atom. The smallest absolute Gasteiger partial charge is 0 e. The first-order valence-corrected chi connectivity index (χ1v) is 10.3. The van der Waals surface area contributed by atoms with Crippen LogP contribution in [-0.4, -0.2) is 30.5 Å². The van der Waals surface area contributed by atoms with Gasteiger partial charge in [-0.25, -0.2) is 0 Å². The van der Waals surface area contributed by atoms with Crippen molar-refractivity contribution in [3.63, 3.8) is 0 Å². The standard InChI is InChI=1S/C13H16N2P.2C2H6.CH3.Ru.Y.H/c1-16(2)10-11-6-5-8-13(15-11)12-7-3-4-9-14-12;2*1-2;;;;/h3-9,11H,10H2,1-2H3;2*1-2H3;1H3;;;/q-1;;;-1;+2;;/p+1. The van der Waals surface area contributed by atoms with E-state index in [4.69, 9.17) is 5.32 Å². The molecule has 2 heterocycles. The summed E-state index contributed by atoms with van der Waals surface area (Å²) in [5.41, 5.74) is 1.98. The van der Waals surface area contributed by atoms with Gasteiger partial charge in [0.15, 0.2) is 0 Å². The van der Waals surface area contributed by atoms with Crippen LogP contribution >= 0.6 is 7.92 Å². The van der Waals surface area contributed by atoms with Crippen LogP contribution in [0.3, 0.4) is 0 Å². The number of allylic oxidation sites excluding steroid dienone is 2. The molecule has 1 aliphatic rings. The zero-order valence-electron chi connectivity index (χ0n) is 15.7. The van der Waals surface area contributed by atoms with Crippen LogP contribution in [0.15, 0.2) is 42.6 Å². The van der Waals surface area contributed by atoms with Gasteiger partial charge in [-0.15, -0.1) is 5.70 Å². The Bertz CT molecular complexity index is 409. The second-order valence-electron chi connectivity index (χ2n) is 4.26. The van der Waals surface area contributed by atoms with E-state index in [1.54, 1.807) is 0 Å². The minimum Gasteiger partial charge on any atom is 0 e. The molecule has 1 atom stereocenters. The molecule has 0 N–H and O–H groups in total. The Labute approximate surface area is 183 Å². The van der Waals surface area contributed by atoms with Gasteiger partial charge in [0.05, 0.1) is 0 Å². The van der Waals surface area contributed by atoms with Gasteiger partial charge in [0, 0.05) is 64.1 Å². The van der Waals surface area contributed by atoms with E-state index in [-0.39, 0.29) is 67.5 Å². The van der Waals surface area contributed by atoms with Crippen LogP contribution in [0.4, 0.5) is 0 Å². The Balaban J connectivity index is -0.000000240. The van der Waals surface area contributed by atoms with Crippen molar-refractivity contribution in [3.05, 3.63) is 61.1 Å². The normalized spacial score (nSPS) is 14.0. The van der Waals surface area contributed by atoms with Gasteiger partial charge < -0.3 is 12.7 Å². The zero-order valence-corrected chi connectivity index (χ0v) is 21.4. The maximum absolute atomic E-state index is 4.73. The van der Waals surface area contributed by atoms with E-state index >= 15 is 0 Å². The molecule has 5 heteroatoms. The number of aromatic nitrogens is 1. The van der Waals surface area contributed by atoms with E-state index in [2.05, 4.69) is 30.5 Å². The van der Waals surface area contributed by atoms with Crippen molar-refractivity contribution in [2.75, 3.05) is 19.5 Å². The van der Waals surface area contributed by atoms with E-state index < -0.39 is 0 Å². The van der Waals surface area contributed by atoms with Gasteiger partial charge in [0.2, 0.25) is 0 Å². The summed E-state index contributed by atoms with van der Waals surface area (Å²) in [4.78, 5) is 4.33.